The fraction of sp³-hybridized carbons (Fsp3) is 0.250. The number of nitrogens with zero attached hydrogens (tertiary/aromatic N) is 1. The van der Waals surface area contributed by atoms with Gasteiger partial charge in [0.05, 0.1) is 0 Å². The predicted octanol–water partition coefficient (Wildman–Crippen LogP) is 3.47. The highest BCUT2D eigenvalue weighted by Crippen LogP contribution is 2.20. The molecule has 0 spiro atoms. The summed E-state index contributed by atoms with van der Waals surface area (Å²) in [6.45, 7) is 1.10. The average molecular weight is 259 g/mol. The Balaban J connectivity index is 2.01. The largest absolute Gasteiger partial charge is 0.486 e. The van der Waals surface area contributed by atoms with Crippen LogP contribution in [-0.4, -0.2) is 19.0 Å². The number of benzene rings is 2. The Labute approximate surface area is 113 Å². The molecule has 2 aromatic rings. The number of hydrogen-bond donors (Lipinski definition) is 0. The third-order valence-electron chi connectivity index (χ3n) is 2.73. The Morgan fingerprint density at radius 3 is 2.37 bits per heavy atom. The highest BCUT2D eigenvalue weighted by atomic mass is 19.1. The van der Waals surface area contributed by atoms with Gasteiger partial charge in [-0.3, -0.25) is 0 Å². The lowest BCUT2D eigenvalue weighted by molar-refractivity contribution is 0.289. The number of rotatable bonds is 5. The van der Waals surface area contributed by atoms with Crippen LogP contribution < -0.4 is 4.74 Å². The van der Waals surface area contributed by atoms with Gasteiger partial charge in [0.1, 0.15) is 6.61 Å². The molecule has 0 saturated carbocycles. The molecule has 0 N–H and O–H groups in total. The molecule has 0 aliphatic heterocycles. The zero-order chi connectivity index (χ0) is 13.7. The predicted molar refractivity (Wildman–Crippen MR) is 74.6 cm³/mol. The van der Waals surface area contributed by atoms with Gasteiger partial charge in [-0.25, -0.2) is 4.39 Å². The van der Waals surface area contributed by atoms with E-state index in [9.17, 15) is 4.39 Å². The average Bonchev–Trinajstić information content (AvgIpc) is 2.38. The number of hydrogen-bond acceptors (Lipinski definition) is 2. The molecule has 2 nitrogen and oxygen atoms in total. The summed E-state index contributed by atoms with van der Waals surface area (Å²) in [7, 11) is 3.91. The Morgan fingerprint density at radius 2 is 1.74 bits per heavy atom. The zero-order valence-electron chi connectivity index (χ0n) is 11.3. The summed E-state index contributed by atoms with van der Waals surface area (Å²) in [4.78, 5) is 2.00. The molecule has 0 amide bonds. The van der Waals surface area contributed by atoms with Gasteiger partial charge in [-0.05, 0) is 37.4 Å². The maximum absolute atomic E-state index is 13.9. The Morgan fingerprint density at radius 1 is 1.00 bits per heavy atom. The first-order valence-corrected chi connectivity index (χ1v) is 6.25. The molecular weight excluding hydrogens is 241 g/mol. The van der Waals surface area contributed by atoms with E-state index in [2.05, 4.69) is 0 Å². The minimum atomic E-state index is -0.310. The lowest BCUT2D eigenvalue weighted by Gasteiger charge is -2.12. The summed E-state index contributed by atoms with van der Waals surface area (Å²) >= 11 is 0. The molecule has 0 atom stereocenters. The summed E-state index contributed by atoms with van der Waals surface area (Å²) in [5, 5.41) is 0. The van der Waals surface area contributed by atoms with Crippen molar-refractivity contribution in [2.75, 3.05) is 14.1 Å². The molecule has 0 aliphatic carbocycles. The molecule has 0 unspecified atom stereocenters. The minimum Gasteiger partial charge on any atom is -0.486 e. The molecule has 0 heterocycles. The molecule has 2 aromatic carbocycles. The summed E-state index contributed by atoms with van der Waals surface area (Å²) in [6.07, 6.45) is 0. The van der Waals surface area contributed by atoms with E-state index < -0.39 is 0 Å². The van der Waals surface area contributed by atoms with Gasteiger partial charge in [0, 0.05) is 6.54 Å². The molecule has 0 bridgehead atoms. The third-order valence-corrected chi connectivity index (χ3v) is 2.73. The molecule has 100 valence electrons. The van der Waals surface area contributed by atoms with Crippen molar-refractivity contribution in [3.05, 3.63) is 65.5 Å². The van der Waals surface area contributed by atoms with Crippen molar-refractivity contribution in [3.8, 4) is 5.75 Å². The summed E-state index contributed by atoms with van der Waals surface area (Å²) in [6, 6.07) is 14.8. The van der Waals surface area contributed by atoms with E-state index in [0.717, 1.165) is 17.7 Å². The number of halogens is 1. The number of ether oxygens (including phenoxy) is 1. The maximum atomic E-state index is 13.9. The van der Waals surface area contributed by atoms with Crippen molar-refractivity contribution >= 4 is 0 Å². The van der Waals surface area contributed by atoms with Crippen molar-refractivity contribution in [2.45, 2.75) is 13.2 Å². The van der Waals surface area contributed by atoms with Gasteiger partial charge in [-0.15, -0.1) is 0 Å². The van der Waals surface area contributed by atoms with Crippen molar-refractivity contribution in [1.82, 2.24) is 4.90 Å². The van der Waals surface area contributed by atoms with Crippen LogP contribution >= 0.6 is 0 Å². The Bertz CT molecular complexity index is 526. The second kappa shape index (κ2) is 6.34. The molecule has 3 heteroatoms. The first-order chi connectivity index (χ1) is 9.15. The molecular formula is C16H18FNO. The summed E-state index contributed by atoms with van der Waals surface area (Å²) in [5.41, 5.74) is 1.97. The van der Waals surface area contributed by atoms with Gasteiger partial charge in [0.2, 0.25) is 0 Å². The van der Waals surface area contributed by atoms with Gasteiger partial charge in [-0.2, -0.15) is 0 Å². The lowest BCUT2D eigenvalue weighted by atomic mass is 10.2. The van der Waals surface area contributed by atoms with E-state index in [0.29, 0.717) is 12.4 Å². The van der Waals surface area contributed by atoms with E-state index in [-0.39, 0.29) is 5.82 Å². The topological polar surface area (TPSA) is 12.5 Å². The van der Waals surface area contributed by atoms with Crippen LogP contribution in [0.4, 0.5) is 4.39 Å². The van der Waals surface area contributed by atoms with E-state index in [1.807, 2.05) is 55.4 Å². The van der Waals surface area contributed by atoms with Crippen LogP contribution in [0.5, 0.6) is 5.75 Å². The molecule has 0 aliphatic rings. The van der Waals surface area contributed by atoms with Gasteiger partial charge >= 0.3 is 0 Å². The van der Waals surface area contributed by atoms with Gasteiger partial charge in [0.25, 0.3) is 0 Å². The van der Waals surface area contributed by atoms with Crippen LogP contribution in [-0.2, 0) is 13.2 Å². The molecule has 0 aromatic heterocycles. The van der Waals surface area contributed by atoms with Gasteiger partial charge in [-0.1, -0.05) is 36.4 Å². The smallest absolute Gasteiger partial charge is 0.165 e. The third kappa shape index (κ3) is 4.07. The van der Waals surface area contributed by atoms with E-state index >= 15 is 0 Å². The minimum absolute atomic E-state index is 0.298. The molecule has 19 heavy (non-hydrogen) atoms. The zero-order valence-corrected chi connectivity index (χ0v) is 11.3. The summed E-state index contributed by atoms with van der Waals surface area (Å²) in [5.74, 6) is -0.0124. The molecule has 0 saturated heterocycles. The van der Waals surface area contributed by atoms with Crippen LogP contribution in [0, 0.1) is 5.82 Å². The van der Waals surface area contributed by atoms with Crippen molar-refractivity contribution < 1.29 is 9.13 Å². The van der Waals surface area contributed by atoms with Crippen LogP contribution in [0.15, 0.2) is 48.5 Å². The van der Waals surface area contributed by atoms with E-state index in [1.165, 1.54) is 6.07 Å². The normalized spacial score (nSPS) is 10.7. The fourth-order valence-electron chi connectivity index (χ4n) is 1.86. The molecule has 0 radical (unpaired) electrons. The lowest BCUT2D eigenvalue weighted by Crippen LogP contribution is -2.10. The first-order valence-electron chi connectivity index (χ1n) is 6.25. The van der Waals surface area contributed by atoms with Crippen molar-refractivity contribution in [2.24, 2.45) is 0 Å². The Hall–Kier alpha value is -1.87. The second-order valence-electron chi connectivity index (χ2n) is 4.78. The van der Waals surface area contributed by atoms with E-state index in [1.54, 1.807) is 6.07 Å². The monoisotopic (exact) mass is 259 g/mol. The van der Waals surface area contributed by atoms with Crippen LogP contribution in [0.2, 0.25) is 0 Å². The van der Waals surface area contributed by atoms with Crippen LogP contribution in [0.3, 0.4) is 0 Å². The maximum Gasteiger partial charge on any atom is 0.165 e. The van der Waals surface area contributed by atoms with Crippen molar-refractivity contribution in [1.29, 1.82) is 0 Å². The van der Waals surface area contributed by atoms with Gasteiger partial charge < -0.3 is 9.64 Å². The van der Waals surface area contributed by atoms with Crippen LogP contribution in [0.1, 0.15) is 11.1 Å². The molecule has 2 rings (SSSR count). The van der Waals surface area contributed by atoms with Crippen molar-refractivity contribution in [3.63, 3.8) is 0 Å². The SMILES string of the molecule is CN(C)Cc1ccc(OCc2ccccc2)c(F)c1. The second-order valence-corrected chi connectivity index (χ2v) is 4.78. The van der Waals surface area contributed by atoms with Crippen LogP contribution in [0.25, 0.3) is 0 Å². The van der Waals surface area contributed by atoms with Gasteiger partial charge in [0.15, 0.2) is 11.6 Å². The first kappa shape index (κ1) is 13.6. The highest BCUT2D eigenvalue weighted by molar-refractivity contribution is 5.29. The Kier molecular flexibility index (Phi) is 4.53. The summed E-state index contributed by atoms with van der Waals surface area (Å²) < 4.78 is 19.4. The highest BCUT2D eigenvalue weighted by Gasteiger charge is 2.05. The molecule has 0 fully saturated rings. The van der Waals surface area contributed by atoms with E-state index in [4.69, 9.17) is 4.74 Å². The fourth-order valence-corrected chi connectivity index (χ4v) is 1.86. The standard InChI is InChI=1S/C16H18FNO/c1-18(2)11-14-8-9-16(15(17)10-14)19-12-13-6-4-3-5-7-13/h3-10H,11-12H2,1-2H3. The quantitative estimate of drug-likeness (QED) is 0.815.